The first-order valence-corrected chi connectivity index (χ1v) is 6.02. The summed E-state index contributed by atoms with van der Waals surface area (Å²) in [5.74, 6) is 0.473. The molecular formula is C15H14O4. The minimum absolute atomic E-state index is 0.234. The quantitative estimate of drug-likeness (QED) is 0.480. The second-order valence-corrected chi connectivity index (χ2v) is 4.06. The molecule has 0 N–H and O–H groups in total. The van der Waals surface area contributed by atoms with Gasteiger partial charge in [-0.25, -0.2) is 0 Å². The van der Waals surface area contributed by atoms with Gasteiger partial charge in [-0.15, -0.1) is 0 Å². The zero-order chi connectivity index (χ0) is 13.8. The van der Waals surface area contributed by atoms with Crippen molar-refractivity contribution in [3.8, 4) is 5.75 Å². The third-order valence-electron chi connectivity index (χ3n) is 2.61. The van der Waals surface area contributed by atoms with Crippen LogP contribution in [0, 0.1) is 6.92 Å². The number of ketones is 1. The number of esters is 1. The molecule has 2 aromatic rings. The van der Waals surface area contributed by atoms with Crippen molar-refractivity contribution in [2.75, 3.05) is 0 Å². The van der Waals surface area contributed by atoms with Crippen LogP contribution in [0.2, 0.25) is 0 Å². The summed E-state index contributed by atoms with van der Waals surface area (Å²) in [5, 5.41) is 0. The van der Waals surface area contributed by atoms with E-state index < -0.39 is 0 Å². The molecule has 0 aliphatic heterocycles. The maximum Gasteiger partial charge on any atom is 0.310 e. The van der Waals surface area contributed by atoms with E-state index in [0.717, 1.165) is 0 Å². The molecule has 98 valence electrons. The van der Waals surface area contributed by atoms with Crippen LogP contribution in [0.4, 0.5) is 0 Å². The Bertz CT molecular complexity index is 610. The van der Waals surface area contributed by atoms with Gasteiger partial charge in [-0.1, -0.05) is 19.1 Å². The van der Waals surface area contributed by atoms with E-state index in [0.29, 0.717) is 11.3 Å². The highest BCUT2D eigenvalue weighted by Gasteiger charge is 2.18. The zero-order valence-electron chi connectivity index (χ0n) is 10.8. The topological polar surface area (TPSA) is 56.5 Å². The maximum atomic E-state index is 12.3. The molecule has 0 bridgehead atoms. The van der Waals surface area contributed by atoms with Crippen molar-refractivity contribution in [1.29, 1.82) is 0 Å². The Morgan fingerprint density at radius 2 is 1.89 bits per heavy atom. The van der Waals surface area contributed by atoms with Crippen molar-refractivity contribution in [2.24, 2.45) is 0 Å². The number of furan rings is 1. The summed E-state index contributed by atoms with van der Waals surface area (Å²) in [7, 11) is 0. The van der Waals surface area contributed by atoms with Crippen LogP contribution in [0.15, 0.2) is 40.8 Å². The Morgan fingerprint density at radius 3 is 2.53 bits per heavy atom. The molecule has 0 amide bonds. The molecule has 0 saturated heterocycles. The average molecular weight is 258 g/mol. The molecule has 0 aliphatic rings. The standard InChI is InChI=1S/C15H14O4/c1-3-14(16)19-12-7-5-4-6-11(12)15(17)13-9-8-10(2)18-13/h4-9H,3H2,1-2H3. The molecule has 0 aliphatic carbocycles. The van der Waals surface area contributed by atoms with Gasteiger partial charge in [0.05, 0.1) is 5.56 Å². The molecule has 4 nitrogen and oxygen atoms in total. The lowest BCUT2D eigenvalue weighted by molar-refractivity contribution is -0.134. The predicted molar refractivity (Wildman–Crippen MR) is 69.2 cm³/mol. The molecule has 4 heteroatoms. The van der Waals surface area contributed by atoms with E-state index in [-0.39, 0.29) is 29.7 Å². The van der Waals surface area contributed by atoms with Crippen LogP contribution in [-0.4, -0.2) is 11.8 Å². The first kappa shape index (κ1) is 13.1. The number of aryl methyl sites for hydroxylation is 1. The summed E-state index contributed by atoms with van der Waals surface area (Å²) in [6.45, 7) is 3.46. The monoisotopic (exact) mass is 258 g/mol. The van der Waals surface area contributed by atoms with Gasteiger partial charge in [0.25, 0.3) is 0 Å². The fraction of sp³-hybridized carbons (Fsp3) is 0.200. The number of hydrogen-bond donors (Lipinski definition) is 0. The number of carbonyl (C=O) groups excluding carboxylic acids is 2. The van der Waals surface area contributed by atoms with Gasteiger partial charge in [-0.05, 0) is 31.2 Å². The van der Waals surface area contributed by atoms with E-state index in [1.165, 1.54) is 0 Å². The smallest absolute Gasteiger partial charge is 0.310 e. The molecule has 0 spiro atoms. The van der Waals surface area contributed by atoms with Crippen molar-refractivity contribution in [2.45, 2.75) is 20.3 Å². The molecular weight excluding hydrogens is 244 g/mol. The van der Waals surface area contributed by atoms with Gasteiger partial charge in [-0.2, -0.15) is 0 Å². The average Bonchev–Trinajstić information content (AvgIpc) is 2.85. The van der Waals surface area contributed by atoms with Gasteiger partial charge >= 0.3 is 5.97 Å². The minimum atomic E-state index is -0.379. The lowest BCUT2D eigenvalue weighted by atomic mass is 10.1. The van der Waals surface area contributed by atoms with Crippen LogP contribution in [-0.2, 0) is 4.79 Å². The normalized spacial score (nSPS) is 10.2. The predicted octanol–water partition coefficient (Wildman–Crippen LogP) is 3.13. The van der Waals surface area contributed by atoms with Crippen LogP contribution in [0.1, 0.15) is 35.2 Å². The minimum Gasteiger partial charge on any atom is -0.458 e. The zero-order valence-corrected chi connectivity index (χ0v) is 10.8. The molecule has 0 fully saturated rings. The van der Waals surface area contributed by atoms with Crippen LogP contribution in [0.5, 0.6) is 5.75 Å². The van der Waals surface area contributed by atoms with E-state index in [1.807, 2.05) is 0 Å². The van der Waals surface area contributed by atoms with Gasteiger partial charge in [0, 0.05) is 6.42 Å². The van der Waals surface area contributed by atoms with Crippen molar-refractivity contribution < 1.29 is 18.7 Å². The Morgan fingerprint density at radius 1 is 1.16 bits per heavy atom. The van der Waals surface area contributed by atoms with Crippen molar-refractivity contribution in [3.05, 3.63) is 53.5 Å². The van der Waals surface area contributed by atoms with E-state index in [1.54, 1.807) is 50.2 Å². The molecule has 1 heterocycles. The second kappa shape index (κ2) is 5.52. The molecule has 1 aromatic carbocycles. The molecule has 1 aromatic heterocycles. The van der Waals surface area contributed by atoms with Gasteiger partial charge in [0.1, 0.15) is 11.5 Å². The summed E-state index contributed by atoms with van der Waals surface area (Å²) in [6.07, 6.45) is 0.252. The van der Waals surface area contributed by atoms with Gasteiger partial charge in [0.2, 0.25) is 5.78 Å². The Kier molecular flexibility index (Phi) is 3.80. The maximum absolute atomic E-state index is 12.3. The molecule has 2 rings (SSSR count). The highest BCUT2D eigenvalue weighted by atomic mass is 16.5. The Balaban J connectivity index is 2.34. The number of hydrogen-bond acceptors (Lipinski definition) is 4. The summed E-state index contributed by atoms with van der Waals surface area (Å²) in [5.41, 5.74) is 0.318. The Hall–Kier alpha value is -2.36. The summed E-state index contributed by atoms with van der Waals surface area (Å²) < 4.78 is 10.4. The van der Waals surface area contributed by atoms with Gasteiger partial charge in [-0.3, -0.25) is 9.59 Å². The number of para-hydroxylation sites is 1. The number of carbonyl (C=O) groups is 2. The van der Waals surface area contributed by atoms with Crippen molar-refractivity contribution in [1.82, 2.24) is 0 Å². The first-order chi connectivity index (χ1) is 9.11. The third kappa shape index (κ3) is 2.91. The van der Waals surface area contributed by atoms with E-state index >= 15 is 0 Å². The third-order valence-corrected chi connectivity index (χ3v) is 2.61. The van der Waals surface area contributed by atoms with E-state index in [4.69, 9.17) is 9.15 Å². The fourth-order valence-corrected chi connectivity index (χ4v) is 1.63. The molecule has 0 saturated carbocycles. The van der Waals surface area contributed by atoms with Crippen LogP contribution in [0.3, 0.4) is 0 Å². The number of rotatable bonds is 4. The SMILES string of the molecule is CCC(=O)Oc1ccccc1C(=O)c1ccc(C)o1. The molecule has 19 heavy (non-hydrogen) atoms. The lowest BCUT2D eigenvalue weighted by Gasteiger charge is -2.07. The molecule has 0 unspecified atom stereocenters. The summed E-state index contributed by atoms with van der Waals surface area (Å²) in [6, 6.07) is 9.95. The van der Waals surface area contributed by atoms with Crippen LogP contribution in [0.25, 0.3) is 0 Å². The highest BCUT2D eigenvalue weighted by Crippen LogP contribution is 2.22. The summed E-state index contributed by atoms with van der Waals surface area (Å²) >= 11 is 0. The summed E-state index contributed by atoms with van der Waals surface area (Å²) in [4.78, 5) is 23.6. The van der Waals surface area contributed by atoms with E-state index in [2.05, 4.69) is 0 Å². The highest BCUT2D eigenvalue weighted by molar-refractivity contribution is 6.09. The van der Waals surface area contributed by atoms with Crippen molar-refractivity contribution >= 4 is 11.8 Å². The van der Waals surface area contributed by atoms with Crippen LogP contribution < -0.4 is 4.74 Å². The second-order valence-electron chi connectivity index (χ2n) is 4.06. The van der Waals surface area contributed by atoms with Crippen molar-refractivity contribution in [3.63, 3.8) is 0 Å². The van der Waals surface area contributed by atoms with Gasteiger partial charge in [0.15, 0.2) is 5.76 Å². The van der Waals surface area contributed by atoms with Gasteiger partial charge < -0.3 is 9.15 Å². The first-order valence-electron chi connectivity index (χ1n) is 6.02. The van der Waals surface area contributed by atoms with E-state index in [9.17, 15) is 9.59 Å². The number of ether oxygens (including phenoxy) is 1. The Labute approximate surface area is 111 Å². The lowest BCUT2D eigenvalue weighted by Crippen LogP contribution is -2.10. The van der Waals surface area contributed by atoms with Crippen LogP contribution >= 0.6 is 0 Å². The largest absolute Gasteiger partial charge is 0.458 e. The fourth-order valence-electron chi connectivity index (χ4n) is 1.63. The molecule has 0 atom stereocenters. The molecule has 0 radical (unpaired) electrons. The number of benzene rings is 1.